The van der Waals surface area contributed by atoms with Gasteiger partial charge in [-0.15, -0.1) is 0 Å². The van der Waals surface area contributed by atoms with Gasteiger partial charge in [0.25, 0.3) is 5.91 Å². The van der Waals surface area contributed by atoms with E-state index >= 15 is 0 Å². The number of carbonyl (C=O) groups is 1. The quantitative estimate of drug-likeness (QED) is 0.881. The predicted octanol–water partition coefficient (Wildman–Crippen LogP) is 1.63. The second-order valence-electron chi connectivity index (χ2n) is 7.30. The molecule has 0 spiro atoms. The molecule has 25 heavy (non-hydrogen) atoms. The molecule has 3 aliphatic rings. The molecule has 0 aromatic heterocycles. The van der Waals surface area contributed by atoms with Gasteiger partial charge in [0.1, 0.15) is 0 Å². The first-order chi connectivity index (χ1) is 12.0. The first-order valence-corrected chi connectivity index (χ1v) is 10.5. The zero-order valence-corrected chi connectivity index (χ0v) is 15.0. The summed E-state index contributed by atoms with van der Waals surface area (Å²) in [5, 5.41) is 3.12. The van der Waals surface area contributed by atoms with E-state index in [2.05, 4.69) is 5.32 Å². The molecule has 1 N–H and O–H groups in total. The summed E-state index contributed by atoms with van der Waals surface area (Å²) < 4.78 is 32.1. The first kappa shape index (κ1) is 17.0. The van der Waals surface area contributed by atoms with Crippen molar-refractivity contribution in [2.75, 3.05) is 26.3 Å². The van der Waals surface area contributed by atoms with E-state index in [1.165, 1.54) is 29.6 Å². The summed E-state index contributed by atoms with van der Waals surface area (Å²) in [6, 6.07) is 6.61. The minimum Gasteiger partial charge on any atom is -0.379 e. The Morgan fingerprint density at radius 1 is 1.16 bits per heavy atom. The third-order valence-corrected chi connectivity index (χ3v) is 7.65. The van der Waals surface area contributed by atoms with Crippen LogP contribution in [-0.2, 0) is 14.8 Å². The lowest BCUT2D eigenvalue weighted by atomic mass is 9.95. The summed E-state index contributed by atoms with van der Waals surface area (Å²) in [4.78, 5) is 12.8. The Hall–Kier alpha value is -1.44. The number of hydrogen-bond donors (Lipinski definition) is 1. The van der Waals surface area contributed by atoms with Crippen LogP contribution >= 0.6 is 0 Å². The van der Waals surface area contributed by atoms with Crippen LogP contribution in [0, 0.1) is 11.8 Å². The van der Waals surface area contributed by atoms with Gasteiger partial charge >= 0.3 is 0 Å². The van der Waals surface area contributed by atoms with Gasteiger partial charge in [0.05, 0.1) is 18.1 Å². The van der Waals surface area contributed by atoms with Gasteiger partial charge in [0.15, 0.2) is 0 Å². The Bertz CT molecular complexity index is 758. The maximum Gasteiger partial charge on any atom is 0.251 e. The standard InChI is InChI=1S/C18H24N2O4S/c21-18(19-17-11-13-4-5-14(17)10-13)15-2-1-3-16(12-15)25(22,23)20-6-8-24-9-7-20/h1-3,12-14,17H,4-11H2,(H,19,21)/t13-,14+,17+/m0/s1. The molecule has 1 saturated heterocycles. The van der Waals surface area contributed by atoms with Crippen LogP contribution in [0.25, 0.3) is 0 Å². The molecule has 6 nitrogen and oxygen atoms in total. The highest BCUT2D eigenvalue weighted by molar-refractivity contribution is 7.89. The minimum atomic E-state index is -3.58. The van der Waals surface area contributed by atoms with Gasteiger partial charge in [0, 0.05) is 24.7 Å². The van der Waals surface area contributed by atoms with Crippen molar-refractivity contribution in [3.05, 3.63) is 29.8 Å². The van der Waals surface area contributed by atoms with Crippen LogP contribution in [0.3, 0.4) is 0 Å². The van der Waals surface area contributed by atoms with Crippen LogP contribution in [0.4, 0.5) is 0 Å². The maximum atomic E-state index is 12.7. The second-order valence-corrected chi connectivity index (χ2v) is 9.24. The van der Waals surface area contributed by atoms with Crippen LogP contribution in [0.2, 0.25) is 0 Å². The lowest BCUT2D eigenvalue weighted by molar-refractivity contribution is 0.0730. The molecule has 1 heterocycles. The highest BCUT2D eigenvalue weighted by Gasteiger charge is 2.40. The van der Waals surface area contributed by atoms with Crippen LogP contribution in [0.15, 0.2) is 29.2 Å². The Labute approximate surface area is 148 Å². The van der Waals surface area contributed by atoms with Gasteiger partial charge < -0.3 is 10.1 Å². The summed E-state index contributed by atoms with van der Waals surface area (Å²) in [6.45, 7) is 1.51. The van der Waals surface area contributed by atoms with Gasteiger partial charge in [-0.2, -0.15) is 4.31 Å². The number of morpholine rings is 1. The molecular formula is C18H24N2O4S. The number of sulfonamides is 1. The van der Waals surface area contributed by atoms with E-state index in [0.717, 1.165) is 12.3 Å². The number of nitrogens with one attached hydrogen (secondary N) is 1. The zero-order valence-electron chi connectivity index (χ0n) is 14.2. The summed E-state index contributed by atoms with van der Waals surface area (Å²) in [6.07, 6.45) is 4.75. The molecule has 1 aromatic carbocycles. The van der Waals surface area contributed by atoms with Gasteiger partial charge in [0.2, 0.25) is 10.0 Å². The van der Waals surface area contributed by atoms with E-state index in [-0.39, 0.29) is 16.8 Å². The van der Waals surface area contributed by atoms with Crippen LogP contribution in [-0.4, -0.2) is 51.0 Å². The Morgan fingerprint density at radius 3 is 2.64 bits per heavy atom. The van der Waals surface area contributed by atoms with Crippen molar-refractivity contribution in [2.24, 2.45) is 11.8 Å². The lowest BCUT2D eigenvalue weighted by Crippen LogP contribution is -2.41. The molecule has 1 aromatic rings. The number of rotatable bonds is 4. The Kier molecular flexibility index (Phi) is 4.56. The van der Waals surface area contributed by atoms with E-state index in [0.29, 0.717) is 37.8 Å². The smallest absolute Gasteiger partial charge is 0.251 e. The van der Waals surface area contributed by atoms with Crippen molar-refractivity contribution in [1.82, 2.24) is 9.62 Å². The summed E-state index contributed by atoms with van der Waals surface area (Å²) in [5.74, 6) is 1.18. The number of amides is 1. The number of nitrogens with zero attached hydrogens (tertiary/aromatic N) is 1. The van der Waals surface area contributed by atoms with Crippen LogP contribution in [0.5, 0.6) is 0 Å². The number of ether oxygens (including phenoxy) is 1. The summed E-state index contributed by atoms with van der Waals surface area (Å²) >= 11 is 0. The maximum absolute atomic E-state index is 12.7. The van der Waals surface area contributed by atoms with Gasteiger partial charge in [-0.25, -0.2) is 8.42 Å². The fraction of sp³-hybridized carbons (Fsp3) is 0.611. The number of fused-ring (bicyclic) bond motifs is 2. The monoisotopic (exact) mass is 364 g/mol. The fourth-order valence-electron chi connectivity index (χ4n) is 4.41. The molecule has 4 rings (SSSR count). The molecule has 1 amide bonds. The molecule has 7 heteroatoms. The van der Waals surface area contributed by atoms with Crippen molar-refractivity contribution < 1.29 is 17.9 Å². The zero-order chi connectivity index (χ0) is 17.4. The molecule has 0 radical (unpaired) electrons. The third-order valence-electron chi connectivity index (χ3n) is 5.76. The topological polar surface area (TPSA) is 75.7 Å². The van der Waals surface area contributed by atoms with Crippen LogP contribution in [0.1, 0.15) is 36.0 Å². The number of hydrogen-bond acceptors (Lipinski definition) is 4. The average molecular weight is 364 g/mol. The highest BCUT2D eigenvalue weighted by Crippen LogP contribution is 2.44. The third kappa shape index (κ3) is 3.32. The van der Waals surface area contributed by atoms with E-state index < -0.39 is 10.0 Å². The minimum absolute atomic E-state index is 0.170. The van der Waals surface area contributed by atoms with Crippen molar-refractivity contribution in [1.29, 1.82) is 0 Å². The molecule has 3 atom stereocenters. The van der Waals surface area contributed by atoms with E-state index in [1.807, 2.05) is 0 Å². The summed E-state index contributed by atoms with van der Waals surface area (Å²) in [7, 11) is -3.58. The van der Waals surface area contributed by atoms with E-state index in [1.54, 1.807) is 18.2 Å². The van der Waals surface area contributed by atoms with Crippen molar-refractivity contribution in [3.63, 3.8) is 0 Å². The molecule has 2 bridgehead atoms. The SMILES string of the molecule is O=C(N[C@@H]1C[C@H]2CC[C@@H]1C2)c1cccc(S(=O)(=O)N2CCOCC2)c1. The highest BCUT2D eigenvalue weighted by atomic mass is 32.2. The molecule has 136 valence electrons. The van der Waals surface area contributed by atoms with Gasteiger partial charge in [-0.05, 0) is 49.3 Å². The second kappa shape index (κ2) is 6.70. The molecule has 2 saturated carbocycles. The van der Waals surface area contributed by atoms with Crippen molar-refractivity contribution in [2.45, 2.75) is 36.6 Å². The lowest BCUT2D eigenvalue weighted by Gasteiger charge is -2.26. The normalized spacial score (nSPS) is 29.7. The largest absolute Gasteiger partial charge is 0.379 e. The fourth-order valence-corrected chi connectivity index (χ4v) is 5.86. The number of benzene rings is 1. The molecule has 3 fully saturated rings. The van der Waals surface area contributed by atoms with E-state index in [9.17, 15) is 13.2 Å². The number of carbonyl (C=O) groups excluding carboxylic acids is 1. The summed E-state index contributed by atoms with van der Waals surface area (Å²) in [5.41, 5.74) is 0.414. The molecule has 1 aliphatic heterocycles. The van der Waals surface area contributed by atoms with Crippen molar-refractivity contribution in [3.8, 4) is 0 Å². The molecule has 2 aliphatic carbocycles. The van der Waals surface area contributed by atoms with Crippen LogP contribution < -0.4 is 5.32 Å². The predicted molar refractivity (Wildman–Crippen MR) is 92.7 cm³/mol. The van der Waals surface area contributed by atoms with E-state index in [4.69, 9.17) is 4.74 Å². The average Bonchev–Trinajstić information content (AvgIpc) is 3.25. The first-order valence-electron chi connectivity index (χ1n) is 9.03. The van der Waals surface area contributed by atoms with Crippen molar-refractivity contribution >= 4 is 15.9 Å². The molecule has 0 unspecified atom stereocenters. The van der Waals surface area contributed by atoms with Gasteiger partial charge in [-0.1, -0.05) is 12.5 Å². The molecular weight excluding hydrogens is 340 g/mol. The van der Waals surface area contributed by atoms with Gasteiger partial charge in [-0.3, -0.25) is 4.79 Å². The Balaban J connectivity index is 1.49. The Morgan fingerprint density at radius 2 is 1.96 bits per heavy atom.